The third-order valence-corrected chi connectivity index (χ3v) is 3.60. The van der Waals surface area contributed by atoms with Crippen molar-refractivity contribution in [3.63, 3.8) is 0 Å². The quantitative estimate of drug-likeness (QED) is 0.306. The van der Waals surface area contributed by atoms with E-state index in [1.54, 1.807) is 7.85 Å². The average molecular weight is 307 g/mol. The van der Waals surface area contributed by atoms with Gasteiger partial charge in [0.2, 0.25) is 0 Å². The molecule has 2 unspecified atom stereocenters. The minimum Gasteiger partial charge on any atom is -0.387 e. The molecule has 7 nitrogen and oxygen atoms in total. The summed E-state index contributed by atoms with van der Waals surface area (Å²) in [5, 5.41) is 10.1. The molecule has 1 rings (SSSR count). The van der Waals surface area contributed by atoms with E-state index < -0.39 is 25.9 Å². The molecule has 0 amide bonds. The number of hydrogen-bond acceptors (Lipinski definition) is 5. The van der Waals surface area contributed by atoms with Gasteiger partial charge in [-0.15, -0.1) is 0 Å². The molecule has 1 aliphatic heterocycles. The highest BCUT2D eigenvalue weighted by Crippen LogP contribution is 2.37. The van der Waals surface area contributed by atoms with E-state index in [0.29, 0.717) is 6.61 Å². The minimum atomic E-state index is -4.24. The topological polar surface area (TPSA) is 99.5 Å². The predicted molar refractivity (Wildman–Crippen MR) is 77.3 cm³/mol. The molecular weight excluding hydrogens is 284 g/mol. The zero-order valence-electron chi connectivity index (χ0n) is 12.0. The molecule has 0 saturated carbocycles. The smallest absolute Gasteiger partial charge is 0.348 e. The third-order valence-electron chi connectivity index (χ3n) is 3.04. The van der Waals surface area contributed by atoms with E-state index in [1.165, 1.54) is 6.08 Å². The van der Waals surface area contributed by atoms with Gasteiger partial charge in [0, 0.05) is 12.4 Å². The minimum absolute atomic E-state index is 0.323. The molecule has 20 heavy (non-hydrogen) atoms. The average Bonchev–Trinajstić information content (AvgIpc) is 2.57. The summed E-state index contributed by atoms with van der Waals surface area (Å²) in [4.78, 5) is 19.6. The molecule has 0 aromatic heterocycles. The van der Waals surface area contributed by atoms with Crippen LogP contribution in [0.2, 0.25) is 0 Å². The maximum Gasteiger partial charge on any atom is 0.348 e. The highest BCUT2D eigenvalue weighted by atomic mass is 31.2. The number of hydrogen-bond donors (Lipinski definition) is 3. The fraction of sp³-hybridized carbons (Fsp3) is 0.818. The molecule has 0 aromatic rings. The molecule has 3 N–H and O–H groups in total. The summed E-state index contributed by atoms with van der Waals surface area (Å²) in [6.07, 6.45) is -0.121. The summed E-state index contributed by atoms with van der Waals surface area (Å²) in [7, 11) is 1.47. The van der Waals surface area contributed by atoms with E-state index in [-0.39, 0.29) is 6.00 Å². The lowest BCUT2D eigenvalue weighted by Gasteiger charge is -2.19. The molecule has 1 aliphatic rings. The summed E-state index contributed by atoms with van der Waals surface area (Å²) in [5.41, 5.74) is 0. The molecule has 1 saturated heterocycles. The van der Waals surface area contributed by atoms with Crippen molar-refractivity contribution >= 4 is 15.4 Å². The van der Waals surface area contributed by atoms with Gasteiger partial charge in [0.05, 0.1) is 6.00 Å². The van der Waals surface area contributed by atoms with E-state index in [0.717, 1.165) is 18.8 Å². The van der Waals surface area contributed by atoms with Crippen LogP contribution in [-0.4, -0.2) is 79.2 Å². The molecule has 4 atom stereocenters. The Bertz CT molecular complexity index is 374. The highest BCUT2D eigenvalue weighted by molar-refractivity contribution is 7.55. The second kappa shape index (κ2) is 7.70. The van der Waals surface area contributed by atoms with Crippen LogP contribution >= 0.6 is 7.60 Å². The molecule has 0 aliphatic carbocycles. The van der Waals surface area contributed by atoms with Gasteiger partial charge in [-0.1, -0.05) is 0 Å². The predicted octanol–water partition coefficient (Wildman–Crippen LogP) is -1.27. The molecule has 1 fully saturated rings. The Morgan fingerprint density at radius 2 is 2.10 bits per heavy atom. The van der Waals surface area contributed by atoms with Crippen molar-refractivity contribution in [3.05, 3.63) is 11.9 Å². The van der Waals surface area contributed by atoms with Gasteiger partial charge in [-0.25, -0.2) is 0 Å². The Hall–Kier alpha value is -0.205. The zero-order chi connectivity index (χ0) is 15.3. The van der Waals surface area contributed by atoms with Gasteiger partial charge >= 0.3 is 7.60 Å². The van der Waals surface area contributed by atoms with E-state index >= 15 is 0 Å². The van der Waals surface area contributed by atoms with Crippen LogP contribution in [0.3, 0.4) is 0 Å². The molecule has 0 spiro atoms. The fourth-order valence-electron chi connectivity index (χ4n) is 2.06. The number of nitrogens with zero attached hydrogens (tertiary/aromatic N) is 1. The van der Waals surface area contributed by atoms with Gasteiger partial charge in [-0.3, -0.25) is 4.57 Å². The first-order chi connectivity index (χ1) is 9.20. The van der Waals surface area contributed by atoms with Crippen molar-refractivity contribution in [1.82, 2.24) is 4.90 Å². The van der Waals surface area contributed by atoms with E-state index in [1.807, 2.05) is 19.0 Å². The van der Waals surface area contributed by atoms with E-state index in [2.05, 4.69) is 0 Å². The molecule has 0 radical (unpaired) electrons. The van der Waals surface area contributed by atoms with E-state index in [4.69, 9.17) is 19.3 Å². The molecule has 0 aromatic carbocycles. The number of rotatable bonds is 7. The van der Waals surface area contributed by atoms with Crippen molar-refractivity contribution in [2.45, 2.75) is 30.7 Å². The zero-order valence-corrected chi connectivity index (χ0v) is 12.9. The summed E-state index contributed by atoms with van der Waals surface area (Å²) < 4.78 is 21.8. The van der Waals surface area contributed by atoms with Crippen molar-refractivity contribution in [2.75, 3.05) is 27.2 Å². The van der Waals surface area contributed by atoms with Crippen LogP contribution in [0, 0.1) is 0 Å². The Kier molecular flexibility index (Phi) is 6.87. The highest BCUT2D eigenvalue weighted by Gasteiger charge is 2.40. The standard InChI is InChI=1S/C11H23BNO6P/c1-13(2)5-3-6-18-10-9(14)8(19-11(10)12)4-7-20(15,16)17/h4,7-11,14H,3,5-6,12H2,1-2H3,(H2,15,16,17)/b7-4+/t8-,9?,10?,11-/m1/s1. The van der Waals surface area contributed by atoms with Crippen LogP contribution in [0.15, 0.2) is 11.9 Å². The molecule has 116 valence electrons. The second-order valence-corrected chi connectivity index (χ2v) is 6.70. The summed E-state index contributed by atoms with van der Waals surface area (Å²) in [6, 6.07) is -0.323. The largest absolute Gasteiger partial charge is 0.387 e. The maximum absolute atomic E-state index is 10.8. The van der Waals surface area contributed by atoms with Gasteiger partial charge in [0.25, 0.3) is 0 Å². The summed E-state index contributed by atoms with van der Waals surface area (Å²) in [6.45, 7) is 1.39. The molecular formula is C11H23BNO6P. The van der Waals surface area contributed by atoms with Gasteiger partial charge in [-0.2, -0.15) is 0 Å². The normalized spacial score (nSPS) is 31.5. The van der Waals surface area contributed by atoms with Gasteiger partial charge in [0.15, 0.2) is 0 Å². The number of aliphatic hydroxyl groups is 1. The maximum atomic E-state index is 10.8. The lowest BCUT2D eigenvalue weighted by atomic mass is 9.93. The SMILES string of the molecule is B[C@@H]1O[C@H](/C=C/P(=O)(O)O)C(O)C1OCCCN(C)C. The first-order valence-electron chi connectivity index (χ1n) is 6.55. The molecule has 1 heterocycles. The fourth-order valence-corrected chi connectivity index (χ4v) is 2.45. The number of ether oxygens (including phenoxy) is 2. The van der Waals surface area contributed by atoms with Crippen LogP contribution in [0.4, 0.5) is 0 Å². The van der Waals surface area contributed by atoms with Crippen LogP contribution in [0.5, 0.6) is 0 Å². The van der Waals surface area contributed by atoms with Crippen LogP contribution < -0.4 is 0 Å². The Morgan fingerprint density at radius 3 is 2.65 bits per heavy atom. The van der Waals surface area contributed by atoms with Crippen molar-refractivity contribution < 1.29 is 28.9 Å². The van der Waals surface area contributed by atoms with Crippen molar-refractivity contribution in [2.24, 2.45) is 0 Å². The third kappa shape index (κ3) is 6.05. The van der Waals surface area contributed by atoms with Crippen LogP contribution in [-0.2, 0) is 14.0 Å². The van der Waals surface area contributed by atoms with Crippen LogP contribution in [0.1, 0.15) is 6.42 Å². The lowest BCUT2D eigenvalue weighted by molar-refractivity contribution is -0.0214. The summed E-state index contributed by atoms with van der Waals surface area (Å²) >= 11 is 0. The second-order valence-electron chi connectivity index (χ2n) is 5.22. The van der Waals surface area contributed by atoms with Crippen LogP contribution in [0.25, 0.3) is 0 Å². The lowest BCUT2D eigenvalue weighted by Crippen LogP contribution is -2.35. The van der Waals surface area contributed by atoms with Gasteiger partial charge in [0.1, 0.15) is 26.2 Å². The van der Waals surface area contributed by atoms with Gasteiger partial charge in [-0.05, 0) is 33.1 Å². The monoisotopic (exact) mass is 307 g/mol. The van der Waals surface area contributed by atoms with Gasteiger partial charge < -0.3 is 29.3 Å². The molecule has 9 heteroatoms. The first-order valence-corrected chi connectivity index (χ1v) is 8.23. The first kappa shape index (κ1) is 17.8. The molecule has 0 bridgehead atoms. The van der Waals surface area contributed by atoms with E-state index in [9.17, 15) is 9.67 Å². The van der Waals surface area contributed by atoms with Crippen molar-refractivity contribution in [3.8, 4) is 0 Å². The Labute approximate surface area is 120 Å². The van der Waals surface area contributed by atoms with Crippen molar-refractivity contribution in [1.29, 1.82) is 0 Å². The summed E-state index contributed by atoms with van der Waals surface area (Å²) in [5.74, 6) is 0.752. The Balaban J connectivity index is 2.46. The number of aliphatic hydroxyl groups excluding tert-OH is 1. The Morgan fingerprint density at radius 1 is 1.45 bits per heavy atom.